The van der Waals surface area contributed by atoms with Crippen LogP contribution >= 0.6 is 11.6 Å². The number of ether oxygens (including phenoxy) is 3. The molecule has 1 unspecified atom stereocenters. The topological polar surface area (TPSA) is 48.0 Å². The van der Waals surface area contributed by atoms with E-state index in [1.165, 1.54) is 0 Å². The SMILES string of the molecule is CC(C)(C)OC(=O)N1CCC(c2cccc3c2OCC(c2ccc(Cl)cc2)O3)CC1. The van der Waals surface area contributed by atoms with Crippen LogP contribution in [0.1, 0.15) is 56.8 Å². The van der Waals surface area contributed by atoms with E-state index in [4.69, 9.17) is 25.8 Å². The normalized spacial score (nSPS) is 19.5. The average Bonchev–Trinajstić information content (AvgIpc) is 2.72. The Hall–Kier alpha value is -2.40. The molecule has 1 fully saturated rings. The van der Waals surface area contributed by atoms with Gasteiger partial charge in [0.05, 0.1) is 0 Å². The second-order valence-electron chi connectivity index (χ2n) is 8.89. The number of para-hydroxylation sites is 1. The molecule has 4 rings (SSSR count). The summed E-state index contributed by atoms with van der Waals surface area (Å²) in [7, 11) is 0. The summed E-state index contributed by atoms with van der Waals surface area (Å²) >= 11 is 6.00. The zero-order chi connectivity index (χ0) is 21.3. The van der Waals surface area contributed by atoms with Crippen molar-refractivity contribution in [3.05, 3.63) is 58.6 Å². The van der Waals surface area contributed by atoms with Crippen LogP contribution in [0.3, 0.4) is 0 Å². The Bertz CT molecular complexity index is 898. The van der Waals surface area contributed by atoms with E-state index in [-0.39, 0.29) is 12.2 Å². The van der Waals surface area contributed by atoms with Crippen molar-refractivity contribution in [2.45, 2.75) is 51.2 Å². The quantitative estimate of drug-likeness (QED) is 0.590. The first-order valence-corrected chi connectivity index (χ1v) is 10.8. The summed E-state index contributed by atoms with van der Waals surface area (Å²) in [5.74, 6) is 1.93. The molecule has 0 aromatic heterocycles. The number of nitrogens with zero attached hydrogens (tertiary/aromatic N) is 1. The van der Waals surface area contributed by atoms with E-state index < -0.39 is 5.60 Å². The van der Waals surface area contributed by atoms with Crippen molar-refractivity contribution in [2.24, 2.45) is 0 Å². The summed E-state index contributed by atoms with van der Waals surface area (Å²) in [5.41, 5.74) is 1.73. The van der Waals surface area contributed by atoms with Gasteiger partial charge < -0.3 is 19.1 Å². The van der Waals surface area contributed by atoms with Crippen LogP contribution in [-0.4, -0.2) is 36.3 Å². The molecule has 6 heteroatoms. The second kappa shape index (κ2) is 8.38. The lowest BCUT2D eigenvalue weighted by molar-refractivity contribution is 0.0203. The van der Waals surface area contributed by atoms with Gasteiger partial charge >= 0.3 is 6.09 Å². The number of halogens is 1. The smallest absolute Gasteiger partial charge is 0.410 e. The molecular weight excluding hydrogens is 402 g/mol. The minimum Gasteiger partial charge on any atom is -0.485 e. The molecule has 2 aliphatic rings. The number of likely N-dealkylation sites (tertiary alicyclic amines) is 1. The summed E-state index contributed by atoms with van der Waals surface area (Å²) in [5, 5.41) is 0.705. The number of piperidine rings is 1. The molecular formula is C24H28ClNO4. The van der Waals surface area contributed by atoms with Crippen molar-refractivity contribution < 1.29 is 19.0 Å². The van der Waals surface area contributed by atoms with Gasteiger partial charge in [-0.05, 0) is 63.3 Å². The molecule has 5 nitrogen and oxygen atoms in total. The third-order valence-electron chi connectivity index (χ3n) is 5.49. The Kier molecular flexibility index (Phi) is 5.83. The fourth-order valence-electron chi connectivity index (χ4n) is 3.99. The lowest BCUT2D eigenvalue weighted by atomic mass is 9.88. The molecule has 1 amide bonds. The van der Waals surface area contributed by atoms with E-state index >= 15 is 0 Å². The molecule has 2 heterocycles. The lowest BCUT2D eigenvalue weighted by Gasteiger charge is -2.35. The number of hydrogen-bond donors (Lipinski definition) is 0. The van der Waals surface area contributed by atoms with Gasteiger partial charge in [0.1, 0.15) is 12.2 Å². The predicted octanol–water partition coefficient (Wildman–Crippen LogP) is 5.97. The van der Waals surface area contributed by atoms with Gasteiger partial charge in [-0.3, -0.25) is 0 Å². The van der Waals surface area contributed by atoms with Crippen molar-refractivity contribution in [3.8, 4) is 11.5 Å². The minimum atomic E-state index is -0.474. The van der Waals surface area contributed by atoms with Gasteiger partial charge in [-0.25, -0.2) is 4.79 Å². The lowest BCUT2D eigenvalue weighted by Crippen LogP contribution is -2.41. The first-order valence-electron chi connectivity index (χ1n) is 10.5. The summed E-state index contributed by atoms with van der Waals surface area (Å²) in [4.78, 5) is 14.1. The van der Waals surface area contributed by atoms with Crippen molar-refractivity contribution in [1.82, 2.24) is 4.90 Å². The second-order valence-corrected chi connectivity index (χ2v) is 9.32. The molecule has 0 spiro atoms. The highest BCUT2D eigenvalue weighted by atomic mass is 35.5. The van der Waals surface area contributed by atoms with Crippen molar-refractivity contribution in [1.29, 1.82) is 0 Å². The molecule has 0 saturated carbocycles. The van der Waals surface area contributed by atoms with Crippen LogP contribution in [0.5, 0.6) is 11.5 Å². The van der Waals surface area contributed by atoms with Gasteiger partial charge in [-0.1, -0.05) is 35.9 Å². The predicted molar refractivity (Wildman–Crippen MR) is 117 cm³/mol. The van der Waals surface area contributed by atoms with Gasteiger partial charge in [0.25, 0.3) is 0 Å². The summed E-state index contributed by atoms with van der Waals surface area (Å²) in [6.07, 6.45) is 1.36. The molecule has 1 atom stereocenters. The van der Waals surface area contributed by atoms with Gasteiger partial charge in [0.15, 0.2) is 17.6 Å². The Labute approximate surface area is 182 Å². The van der Waals surface area contributed by atoms with Gasteiger partial charge in [0, 0.05) is 23.7 Å². The van der Waals surface area contributed by atoms with E-state index in [1.54, 1.807) is 4.90 Å². The van der Waals surface area contributed by atoms with Gasteiger partial charge in [-0.15, -0.1) is 0 Å². The highest BCUT2D eigenvalue weighted by Gasteiger charge is 2.31. The summed E-state index contributed by atoms with van der Waals surface area (Å²) in [6, 6.07) is 13.8. The largest absolute Gasteiger partial charge is 0.485 e. The monoisotopic (exact) mass is 429 g/mol. The molecule has 2 aliphatic heterocycles. The first kappa shape index (κ1) is 20.9. The molecule has 2 aromatic carbocycles. The Morgan fingerprint density at radius 2 is 1.80 bits per heavy atom. The van der Waals surface area contributed by atoms with Gasteiger partial charge in [-0.2, -0.15) is 0 Å². The van der Waals surface area contributed by atoms with Crippen LogP contribution < -0.4 is 9.47 Å². The van der Waals surface area contributed by atoms with Crippen LogP contribution in [0.25, 0.3) is 0 Å². The fraction of sp³-hybridized carbons (Fsp3) is 0.458. The van der Waals surface area contributed by atoms with Crippen LogP contribution in [0, 0.1) is 0 Å². The fourth-order valence-corrected chi connectivity index (χ4v) is 4.12. The Morgan fingerprint density at radius 1 is 1.10 bits per heavy atom. The number of benzene rings is 2. The number of rotatable bonds is 2. The standard InChI is InChI=1S/C24H28ClNO4/c1-24(2,3)30-23(27)26-13-11-16(12-14-26)19-5-4-6-20-22(19)28-15-21(29-20)17-7-9-18(25)10-8-17/h4-10,16,21H,11-15H2,1-3H3. The highest BCUT2D eigenvalue weighted by molar-refractivity contribution is 6.30. The van der Waals surface area contributed by atoms with Crippen molar-refractivity contribution >= 4 is 17.7 Å². The third-order valence-corrected chi connectivity index (χ3v) is 5.74. The Morgan fingerprint density at radius 3 is 2.47 bits per heavy atom. The Balaban J connectivity index is 1.43. The van der Waals surface area contributed by atoms with E-state index in [1.807, 2.05) is 57.2 Å². The molecule has 0 aliphatic carbocycles. The zero-order valence-electron chi connectivity index (χ0n) is 17.7. The van der Waals surface area contributed by atoms with E-state index in [9.17, 15) is 4.79 Å². The molecule has 30 heavy (non-hydrogen) atoms. The number of carbonyl (C=O) groups excluding carboxylic acids is 1. The maximum Gasteiger partial charge on any atom is 0.410 e. The van der Waals surface area contributed by atoms with Crippen molar-refractivity contribution in [2.75, 3.05) is 19.7 Å². The molecule has 160 valence electrons. The summed E-state index contributed by atoms with van der Waals surface area (Å²) < 4.78 is 17.9. The number of fused-ring (bicyclic) bond motifs is 1. The van der Waals surface area contributed by atoms with E-state index in [0.29, 0.717) is 30.6 Å². The summed E-state index contributed by atoms with van der Waals surface area (Å²) in [6.45, 7) is 7.49. The van der Waals surface area contributed by atoms with Crippen LogP contribution in [0.4, 0.5) is 4.79 Å². The van der Waals surface area contributed by atoms with E-state index in [0.717, 1.165) is 35.5 Å². The van der Waals surface area contributed by atoms with Gasteiger partial charge in [0.2, 0.25) is 0 Å². The van der Waals surface area contributed by atoms with Crippen LogP contribution in [0.2, 0.25) is 5.02 Å². The van der Waals surface area contributed by atoms with E-state index in [2.05, 4.69) is 6.07 Å². The first-order chi connectivity index (χ1) is 14.3. The molecule has 0 bridgehead atoms. The molecule has 0 N–H and O–H groups in total. The minimum absolute atomic E-state index is 0.154. The molecule has 1 saturated heterocycles. The highest BCUT2D eigenvalue weighted by Crippen LogP contribution is 2.44. The number of hydrogen-bond acceptors (Lipinski definition) is 4. The van der Waals surface area contributed by atoms with Crippen LogP contribution in [-0.2, 0) is 4.74 Å². The molecule has 2 aromatic rings. The van der Waals surface area contributed by atoms with Crippen molar-refractivity contribution in [3.63, 3.8) is 0 Å². The number of amides is 1. The zero-order valence-corrected chi connectivity index (χ0v) is 18.4. The van der Waals surface area contributed by atoms with Crippen LogP contribution in [0.15, 0.2) is 42.5 Å². The maximum absolute atomic E-state index is 12.3. The molecule has 0 radical (unpaired) electrons. The average molecular weight is 430 g/mol. The number of carbonyl (C=O) groups is 1. The third kappa shape index (κ3) is 4.67. The maximum atomic E-state index is 12.3.